The molecule has 0 unspecified atom stereocenters. The Hall–Kier alpha value is -2.99. The number of carbonyl (C=O) groups excluding carboxylic acids is 1. The van der Waals surface area contributed by atoms with Gasteiger partial charge < -0.3 is 14.6 Å². The Morgan fingerprint density at radius 2 is 1.93 bits per heavy atom. The lowest BCUT2D eigenvalue weighted by atomic mass is 10.1. The average Bonchev–Trinajstić information content (AvgIpc) is 3.25. The Morgan fingerprint density at radius 3 is 2.69 bits per heavy atom. The Kier molecular flexibility index (Phi) is 10.1. The number of thiocarbonyl (C=S) groups is 1. The Labute approximate surface area is 263 Å². The standard InChI is InChI=1S/C30H27Cl2N3O5S2/c31-23-7-5-19(16-24(23)32)25-4-1-3-22(33-25)17-27-28(36)35(30(41)42-27)9-2-12-40-26-8-6-20(29(37)38)15-21(26)18-34-10-13-39-14-11-34/h1,3-8,15-17H,2,9-14,18H2,(H,37,38)/b27-17-. The van der Waals surface area contributed by atoms with Crippen LogP contribution in [0.4, 0.5) is 0 Å². The van der Waals surface area contributed by atoms with Crippen LogP contribution in [0.25, 0.3) is 17.3 Å². The average molecular weight is 645 g/mol. The zero-order valence-corrected chi connectivity index (χ0v) is 25.6. The highest BCUT2D eigenvalue weighted by Crippen LogP contribution is 2.33. The van der Waals surface area contributed by atoms with Crippen LogP contribution in [0.5, 0.6) is 5.75 Å². The van der Waals surface area contributed by atoms with Gasteiger partial charge in [0.15, 0.2) is 0 Å². The van der Waals surface area contributed by atoms with E-state index in [2.05, 4.69) is 9.88 Å². The number of aromatic nitrogens is 1. The van der Waals surface area contributed by atoms with Crippen molar-refractivity contribution in [3.05, 3.63) is 86.4 Å². The molecular weight excluding hydrogens is 617 g/mol. The van der Waals surface area contributed by atoms with E-state index < -0.39 is 5.97 Å². The molecule has 2 saturated heterocycles. The van der Waals surface area contributed by atoms with E-state index in [4.69, 9.17) is 44.9 Å². The molecule has 2 aliphatic heterocycles. The third-order valence-electron chi connectivity index (χ3n) is 6.73. The quantitative estimate of drug-likeness (QED) is 0.156. The monoisotopic (exact) mass is 643 g/mol. The zero-order chi connectivity index (χ0) is 29.6. The number of hydrogen-bond acceptors (Lipinski definition) is 8. The van der Waals surface area contributed by atoms with Crippen molar-refractivity contribution in [1.82, 2.24) is 14.8 Å². The lowest BCUT2D eigenvalue weighted by molar-refractivity contribution is -0.122. The van der Waals surface area contributed by atoms with E-state index in [0.29, 0.717) is 75.7 Å². The lowest BCUT2D eigenvalue weighted by Crippen LogP contribution is -2.35. The molecule has 2 aromatic carbocycles. The van der Waals surface area contributed by atoms with Crippen molar-refractivity contribution in [3.8, 4) is 17.0 Å². The van der Waals surface area contributed by atoms with E-state index >= 15 is 0 Å². The fourth-order valence-electron chi connectivity index (χ4n) is 4.56. The van der Waals surface area contributed by atoms with Gasteiger partial charge in [0.05, 0.1) is 51.7 Å². The van der Waals surface area contributed by atoms with Crippen molar-refractivity contribution in [2.75, 3.05) is 39.5 Å². The molecule has 3 heterocycles. The Balaban J connectivity index is 1.20. The molecule has 0 spiro atoms. The van der Waals surface area contributed by atoms with Gasteiger partial charge in [0.1, 0.15) is 10.1 Å². The van der Waals surface area contributed by atoms with E-state index in [-0.39, 0.29) is 11.5 Å². The molecule has 1 aromatic heterocycles. The van der Waals surface area contributed by atoms with E-state index in [1.165, 1.54) is 17.8 Å². The first-order valence-electron chi connectivity index (χ1n) is 13.3. The predicted molar refractivity (Wildman–Crippen MR) is 169 cm³/mol. The van der Waals surface area contributed by atoms with Gasteiger partial charge >= 0.3 is 5.97 Å². The van der Waals surface area contributed by atoms with E-state index in [0.717, 1.165) is 24.2 Å². The summed E-state index contributed by atoms with van der Waals surface area (Å²) in [6, 6.07) is 15.8. The number of ether oxygens (including phenoxy) is 2. The van der Waals surface area contributed by atoms with Crippen molar-refractivity contribution in [2.24, 2.45) is 0 Å². The second kappa shape index (κ2) is 14.0. The molecule has 3 aromatic rings. The number of thioether (sulfide) groups is 1. The van der Waals surface area contributed by atoms with Crippen molar-refractivity contribution < 1.29 is 24.2 Å². The number of carbonyl (C=O) groups is 2. The number of aromatic carboxylic acids is 1. The second-order valence-corrected chi connectivity index (χ2v) is 12.1. The molecule has 8 nitrogen and oxygen atoms in total. The van der Waals surface area contributed by atoms with E-state index in [1.807, 2.05) is 24.3 Å². The molecule has 0 saturated carbocycles. The molecule has 0 atom stereocenters. The van der Waals surface area contributed by atoms with E-state index in [9.17, 15) is 14.7 Å². The van der Waals surface area contributed by atoms with Gasteiger partial charge in [-0.2, -0.15) is 0 Å². The summed E-state index contributed by atoms with van der Waals surface area (Å²) in [6.45, 7) is 4.13. The fourth-order valence-corrected chi connectivity index (χ4v) is 6.15. The number of morpholine rings is 1. The molecule has 0 aliphatic carbocycles. The number of amides is 1. The van der Waals surface area contributed by atoms with Gasteiger partial charge in [-0.25, -0.2) is 9.78 Å². The zero-order valence-electron chi connectivity index (χ0n) is 22.4. The number of carboxylic acid groups (broad SMARTS) is 1. The normalized spacial score (nSPS) is 16.8. The molecule has 0 radical (unpaired) electrons. The van der Waals surface area contributed by atoms with Gasteiger partial charge in [-0.1, -0.05) is 59.3 Å². The highest BCUT2D eigenvalue weighted by Gasteiger charge is 2.31. The Morgan fingerprint density at radius 1 is 1.12 bits per heavy atom. The van der Waals surface area contributed by atoms with E-state index in [1.54, 1.807) is 35.2 Å². The molecule has 2 aliphatic rings. The van der Waals surface area contributed by atoms with Crippen molar-refractivity contribution >= 4 is 69.5 Å². The van der Waals surface area contributed by atoms with Crippen LogP contribution in [-0.2, 0) is 16.1 Å². The number of carboxylic acids is 1. The largest absolute Gasteiger partial charge is 0.493 e. The van der Waals surface area contributed by atoms with Gasteiger partial charge in [0.2, 0.25) is 0 Å². The molecule has 42 heavy (non-hydrogen) atoms. The van der Waals surface area contributed by atoms with Crippen LogP contribution in [0, 0.1) is 0 Å². The molecule has 1 N–H and O–H groups in total. The smallest absolute Gasteiger partial charge is 0.335 e. The van der Waals surface area contributed by atoms with Crippen LogP contribution in [0.15, 0.2) is 59.5 Å². The minimum absolute atomic E-state index is 0.175. The number of benzene rings is 2. The maximum atomic E-state index is 13.2. The summed E-state index contributed by atoms with van der Waals surface area (Å²) in [5.41, 5.74) is 3.17. The Bertz CT molecular complexity index is 1550. The summed E-state index contributed by atoms with van der Waals surface area (Å²) in [5, 5.41) is 10.4. The van der Waals surface area contributed by atoms with Crippen LogP contribution in [0.1, 0.15) is 28.0 Å². The minimum Gasteiger partial charge on any atom is -0.493 e. The summed E-state index contributed by atoms with van der Waals surface area (Å²) in [7, 11) is 0. The van der Waals surface area contributed by atoms with Crippen LogP contribution in [0.2, 0.25) is 10.0 Å². The molecule has 2 fully saturated rings. The number of hydrogen-bond donors (Lipinski definition) is 1. The number of halogens is 2. The van der Waals surface area contributed by atoms with Crippen LogP contribution >= 0.6 is 47.2 Å². The topological polar surface area (TPSA) is 92.2 Å². The van der Waals surface area contributed by atoms with Gasteiger partial charge in [0, 0.05) is 37.3 Å². The SMILES string of the molecule is O=C(O)c1ccc(OCCCN2C(=O)/C(=C/c3cccc(-c4ccc(Cl)c(Cl)c4)n3)SC2=S)c(CN2CCOCC2)c1. The summed E-state index contributed by atoms with van der Waals surface area (Å²) >= 11 is 19.0. The number of nitrogens with zero attached hydrogens (tertiary/aromatic N) is 3. The van der Waals surface area contributed by atoms with Crippen molar-refractivity contribution in [2.45, 2.75) is 13.0 Å². The van der Waals surface area contributed by atoms with Crippen LogP contribution in [-0.4, -0.2) is 75.5 Å². The lowest BCUT2D eigenvalue weighted by Gasteiger charge is -2.27. The molecule has 12 heteroatoms. The molecule has 218 valence electrons. The van der Waals surface area contributed by atoms with Gasteiger partial charge in [-0.3, -0.25) is 14.6 Å². The third kappa shape index (κ3) is 7.50. The molecular formula is C30H27Cl2N3O5S2. The minimum atomic E-state index is -0.983. The number of rotatable bonds is 10. The van der Waals surface area contributed by atoms with Crippen LogP contribution in [0.3, 0.4) is 0 Å². The fraction of sp³-hybridized carbons (Fsp3) is 0.267. The summed E-state index contributed by atoms with van der Waals surface area (Å²) in [5.74, 6) is -0.529. The maximum absolute atomic E-state index is 13.2. The van der Waals surface area contributed by atoms with Gasteiger partial charge in [-0.05, 0) is 55.0 Å². The summed E-state index contributed by atoms with van der Waals surface area (Å²) in [6.07, 6.45) is 2.28. The highest BCUT2D eigenvalue weighted by atomic mass is 35.5. The summed E-state index contributed by atoms with van der Waals surface area (Å²) < 4.78 is 12.0. The van der Waals surface area contributed by atoms with Gasteiger partial charge in [0.25, 0.3) is 5.91 Å². The highest BCUT2D eigenvalue weighted by molar-refractivity contribution is 8.26. The maximum Gasteiger partial charge on any atom is 0.335 e. The first kappa shape index (κ1) is 30.5. The first-order valence-corrected chi connectivity index (χ1v) is 15.2. The predicted octanol–water partition coefficient (Wildman–Crippen LogP) is 6.26. The second-order valence-electron chi connectivity index (χ2n) is 9.63. The van der Waals surface area contributed by atoms with Crippen LogP contribution < -0.4 is 4.74 Å². The number of pyridine rings is 1. The molecule has 5 rings (SSSR count). The summed E-state index contributed by atoms with van der Waals surface area (Å²) in [4.78, 5) is 33.6. The first-order chi connectivity index (χ1) is 20.3. The molecule has 0 bridgehead atoms. The van der Waals surface area contributed by atoms with Crippen molar-refractivity contribution in [3.63, 3.8) is 0 Å². The van der Waals surface area contributed by atoms with Gasteiger partial charge in [-0.15, -0.1) is 0 Å². The third-order valence-corrected chi connectivity index (χ3v) is 8.84. The molecule has 1 amide bonds. The van der Waals surface area contributed by atoms with Crippen molar-refractivity contribution in [1.29, 1.82) is 0 Å².